The van der Waals surface area contributed by atoms with E-state index in [4.69, 9.17) is 0 Å². The smallest absolute Gasteiger partial charge is 0.0632 e. The molecule has 0 unspecified atom stereocenters. The molecule has 1 aromatic rings. The van der Waals surface area contributed by atoms with Crippen LogP contribution in [0.25, 0.3) is 0 Å². The second kappa shape index (κ2) is 5.66. The van der Waals surface area contributed by atoms with Crippen molar-refractivity contribution >= 4 is 15.9 Å². The summed E-state index contributed by atoms with van der Waals surface area (Å²) in [6.45, 7) is 1.99. The predicted octanol–water partition coefficient (Wildman–Crippen LogP) is 2.57. The first-order valence-corrected chi connectivity index (χ1v) is 6.55. The summed E-state index contributed by atoms with van der Waals surface area (Å²) in [5, 5.41) is 7.83. The second-order valence-corrected chi connectivity index (χ2v) is 5.13. The van der Waals surface area contributed by atoms with Crippen molar-refractivity contribution in [3.8, 4) is 0 Å². The maximum Gasteiger partial charge on any atom is 0.0632 e. The molecule has 84 valence electrons. The molecule has 0 saturated heterocycles. The van der Waals surface area contributed by atoms with Crippen molar-refractivity contribution in [2.75, 3.05) is 6.54 Å². The van der Waals surface area contributed by atoms with Crippen molar-refractivity contribution < 1.29 is 0 Å². The van der Waals surface area contributed by atoms with Gasteiger partial charge in [-0.15, -0.1) is 0 Å². The number of nitrogens with zero attached hydrogens (tertiary/aromatic N) is 2. The normalized spacial score (nSPS) is 18.2. The molecular formula is C11H18BrN3. The van der Waals surface area contributed by atoms with Gasteiger partial charge in [0.2, 0.25) is 0 Å². The molecule has 1 N–H and O–H groups in total. The van der Waals surface area contributed by atoms with Crippen molar-refractivity contribution in [2.45, 2.75) is 44.7 Å². The van der Waals surface area contributed by atoms with Crippen molar-refractivity contribution in [2.24, 2.45) is 0 Å². The van der Waals surface area contributed by atoms with E-state index in [9.17, 15) is 0 Å². The van der Waals surface area contributed by atoms with Gasteiger partial charge in [0, 0.05) is 18.8 Å². The fraction of sp³-hybridized carbons (Fsp3) is 0.727. The summed E-state index contributed by atoms with van der Waals surface area (Å²) in [5.74, 6) is 0. The second-order valence-electron chi connectivity index (χ2n) is 4.21. The Morgan fingerprint density at radius 2 is 2.20 bits per heavy atom. The van der Waals surface area contributed by atoms with E-state index in [2.05, 4.69) is 26.3 Å². The van der Waals surface area contributed by atoms with Gasteiger partial charge < -0.3 is 5.32 Å². The van der Waals surface area contributed by atoms with Crippen molar-refractivity contribution in [3.63, 3.8) is 0 Å². The van der Waals surface area contributed by atoms with Gasteiger partial charge in [-0.1, -0.05) is 19.3 Å². The summed E-state index contributed by atoms with van der Waals surface area (Å²) in [4.78, 5) is 0. The lowest BCUT2D eigenvalue weighted by molar-refractivity contribution is 0.365. The van der Waals surface area contributed by atoms with Crippen LogP contribution in [0.2, 0.25) is 0 Å². The summed E-state index contributed by atoms with van der Waals surface area (Å²) in [6.07, 6.45) is 10.8. The fourth-order valence-electron chi connectivity index (χ4n) is 2.15. The summed E-state index contributed by atoms with van der Waals surface area (Å²) < 4.78 is 3.03. The highest BCUT2D eigenvalue weighted by atomic mass is 79.9. The van der Waals surface area contributed by atoms with E-state index >= 15 is 0 Å². The minimum atomic E-state index is 0.748. The van der Waals surface area contributed by atoms with Gasteiger partial charge in [-0.3, -0.25) is 4.68 Å². The topological polar surface area (TPSA) is 29.9 Å². The molecule has 1 heterocycles. The molecule has 1 aliphatic rings. The van der Waals surface area contributed by atoms with E-state index in [0.29, 0.717) is 0 Å². The number of aromatic nitrogens is 2. The predicted molar refractivity (Wildman–Crippen MR) is 64.8 cm³/mol. The number of nitrogens with one attached hydrogen (secondary N) is 1. The van der Waals surface area contributed by atoms with Crippen LogP contribution in [-0.4, -0.2) is 22.4 Å². The molecule has 1 aliphatic carbocycles. The molecule has 1 aromatic heterocycles. The number of rotatable bonds is 4. The van der Waals surface area contributed by atoms with Crippen molar-refractivity contribution in [3.05, 3.63) is 16.9 Å². The van der Waals surface area contributed by atoms with Crippen LogP contribution in [0.5, 0.6) is 0 Å². The Hall–Kier alpha value is -0.350. The van der Waals surface area contributed by atoms with Crippen LogP contribution in [0, 0.1) is 0 Å². The third-order valence-electron chi connectivity index (χ3n) is 2.98. The van der Waals surface area contributed by atoms with Gasteiger partial charge in [0.15, 0.2) is 0 Å². The van der Waals surface area contributed by atoms with Gasteiger partial charge in [-0.25, -0.2) is 0 Å². The zero-order valence-corrected chi connectivity index (χ0v) is 10.5. The Morgan fingerprint density at radius 1 is 1.40 bits per heavy atom. The van der Waals surface area contributed by atoms with E-state index < -0.39 is 0 Å². The third kappa shape index (κ3) is 3.61. The van der Waals surface area contributed by atoms with Gasteiger partial charge in [-0.05, 0) is 28.8 Å². The summed E-state index contributed by atoms with van der Waals surface area (Å²) in [6, 6.07) is 0.748. The first-order valence-electron chi connectivity index (χ1n) is 5.76. The lowest BCUT2D eigenvalue weighted by atomic mass is 9.95. The van der Waals surface area contributed by atoms with Crippen LogP contribution in [0.3, 0.4) is 0 Å². The van der Waals surface area contributed by atoms with Crippen LogP contribution in [-0.2, 0) is 6.54 Å². The zero-order chi connectivity index (χ0) is 10.5. The van der Waals surface area contributed by atoms with Gasteiger partial charge in [-0.2, -0.15) is 5.10 Å². The van der Waals surface area contributed by atoms with Gasteiger partial charge >= 0.3 is 0 Å². The minimum absolute atomic E-state index is 0.748. The van der Waals surface area contributed by atoms with E-state index in [0.717, 1.165) is 23.6 Å². The third-order valence-corrected chi connectivity index (χ3v) is 3.39. The first kappa shape index (κ1) is 11.1. The highest BCUT2D eigenvalue weighted by Gasteiger charge is 2.11. The monoisotopic (exact) mass is 271 g/mol. The van der Waals surface area contributed by atoms with Crippen LogP contribution >= 0.6 is 15.9 Å². The lowest BCUT2D eigenvalue weighted by Crippen LogP contribution is -2.33. The van der Waals surface area contributed by atoms with Crippen molar-refractivity contribution in [1.29, 1.82) is 0 Å². The molecule has 4 heteroatoms. The molecule has 0 spiro atoms. The van der Waals surface area contributed by atoms with E-state index in [1.54, 1.807) is 0 Å². The Balaban J connectivity index is 1.65. The lowest BCUT2D eigenvalue weighted by Gasteiger charge is -2.22. The average Bonchev–Trinajstić information content (AvgIpc) is 2.66. The Bertz CT molecular complexity index is 292. The minimum Gasteiger partial charge on any atom is -0.312 e. The van der Waals surface area contributed by atoms with E-state index in [1.807, 2.05) is 17.1 Å². The fourth-order valence-corrected chi connectivity index (χ4v) is 2.48. The molecule has 0 amide bonds. The number of halogens is 1. The standard InChI is InChI=1S/C11H18BrN3/c12-10-8-14-15(9-10)7-6-13-11-4-2-1-3-5-11/h8-9,11,13H,1-7H2. The van der Waals surface area contributed by atoms with Gasteiger partial charge in [0.25, 0.3) is 0 Å². The molecule has 15 heavy (non-hydrogen) atoms. The molecule has 0 bridgehead atoms. The molecule has 1 fully saturated rings. The Labute approximate surface area is 99.4 Å². The molecule has 0 radical (unpaired) electrons. The summed E-state index contributed by atoms with van der Waals surface area (Å²) in [5.41, 5.74) is 0. The molecule has 0 atom stereocenters. The highest BCUT2D eigenvalue weighted by molar-refractivity contribution is 9.10. The van der Waals surface area contributed by atoms with Crippen LogP contribution in [0.4, 0.5) is 0 Å². The molecule has 0 aliphatic heterocycles. The van der Waals surface area contributed by atoms with Crippen molar-refractivity contribution in [1.82, 2.24) is 15.1 Å². The van der Waals surface area contributed by atoms with Gasteiger partial charge in [0.1, 0.15) is 0 Å². The largest absolute Gasteiger partial charge is 0.312 e. The quantitative estimate of drug-likeness (QED) is 0.913. The SMILES string of the molecule is Brc1cnn(CCNC2CCCCC2)c1. The number of hydrogen-bond donors (Lipinski definition) is 1. The molecule has 2 rings (SSSR count). The molecule has 1 saturated carbocycles. The summed E-state index contributed by atoms with van der Waals surface area (Å²) >= 11 is 3.40. The first-order chi connectivity index (χ1) is 7.34. The Morgan fingerprint density at radius 3 is 2.87 bits per heavy atom. The average molecular weight is 272 g/mol. The van der Waals surface area contributed by atoms with Crippen LogP contribution in [0.15, 0.2) is 16.9 Å². The van der Waals surface area contributed by atoms with Crippen LogP contribution < -0.4 is 5.32 Å². The van der Waals surface area contributed by atoms with E-state index in [-0.39, 0.29) is 0 Å². The molecule has 0 aromatic carbocycles. The Kier molecular flexibility index (Phi) is 4.20. The van der Waals surface area contributed by atoms with Gasteiger partial charge in [0.05, 0.1) is 17.2 Å². The number of hydrogen-bond acceptors (Lipinski definition) is 2. The van der Waals surface area contributed by atoms with Crippen LogP contribution in [0.1, 0.15) is 32.1 Å². The highest BCUT2D eigenvalue weighted by Crippen LogP contribution is 2.17. The maximum atomic E-state index is 4.23. The summed E-state index contributed by atoms with van der Waals surface area (Å²) in [7, 11) is 0. The molecule has 3 nitrogen and oxygen atoms in total. The van der Waals surface area contributed by atoms with E-state index in [1.165, 1.54) is 32.1 Å². The maximum absolute atomic E-state index is 4.23. The zero-order valence-electron chi connectivity index (χ0n) is 8.95. The molecular weight excluding hydrogens is 254 g/mol.